The van der Waals surface area contributed by atoms with E-state index in [1.165, 1.54) is 13.3 Å². The molecule has 5 N–H and O–H groups in total. The molecule has 1 aromatic heterocycles. The van der Waals surface area contributed by atoms with Gasteiger partial charge in [-0.25, -0.2) is 4.98 Å². The summed E-state index contributed by atoms with van der Waals surface area (Å²) in [5, 5.41) is 20.2. The van der Waals surface area contributed by atoms with Crippen LogP contribution >= 0.6 is 0 Å². The molecular formula is C14H23N5O3. The predicted molar refractivity (Wildman–Crippen MR) is 86.6 cm³/mol. The van der Waals surface area contributed by atoms with Crippen molar-refractivity contribution in [2.45, 2.75) is 20.0 Å². The zero-order valence-electron chi connectivity index (χ0n) is 13.1. The highest BCUT2D eigenvalue weighted by Gasteiger charge is 2.09. The van der Waals surface area contributed by atoms with E-state index >= 15 is 0 Å². The third kappa shape index (κ3) is 5.66. The molecule has 122 valence electrons. The van der Waals surface area contributed by atoms with Crippen LogP contribution < -0.4 is 11.1 Å². The number of nitrogen functional groups attached to an aromatic ring is 1. The Morgan fingerprint density at radius 1 is 1.59 bits per heavy atom. The second-order valence-corrected chi connectivity index (χ2v) is 4.58. The van der Waals surface area contributed by atoms with Crippen LogP contribution in [0.5, 0.6) is 0 Å². The third-order valence-electron chi connectivity index (χ3n) is 2.68. The Labute approximate surface area is 129 Å². The number of nitrogens with zero attached hydrogens (tertiary/aromatic N) is 2. The van der Waals surface area contributed by atoms with Crippen LogP contribution in [0.2, 0.25) is 0 Å². The number of pyridine rings is 1. The number of nitrogens with two attached hydrogens (primary N) is 1. The molecule has 0 saturated heterocycles. The van der Waals surface area contributed by atoms with Crippen molar-refractivity contribution in [1.29, 1.82) is 5.41 Å². The number of aliphatic hydroxyl groups is 1. The topological polar surface area (TPSA) is 126 Å². The summed E-state index contributed by atoms with van der Waals surface area (Å²) in [4.78, 5) is 8.35. The summed E-state index contributed by atoms with van der Waals surface area (Å²) in [5.41, 5.74) is 6.73. The molecule has 1 heterocycles. The summed E-state index contributed by atoms with van der Waals surface area (Å²) in [6.07, 6.45) is 0.830. The first-order chi connectivity index (χ1) is 10.5. The van der Waals surface area contributed by atoms with Gasteiger partial charge < -0.3 is 25.6 Å². The maximum absolute atomic E-state index is 9.52. The lowest BCUT2D eigenvalue weighted by atomic mass is 10.2. The van der Waals surface area contributed by atoms with Crippen LogP contribution in [-0.2, 0) is 9.47 Å². The maximum Gasteiger partial charge on any atom is 0.216 e. The van der Waals surface area contributed by atoms with Gasteiger partial charge in [-0.3, -0.25) is 10.4 Å². The first-order valence-electron chi connectivity index (χ1n) is 6.90. The van der Waals surface area contributed by atoms with Crippen molar-refractivity contribution < 1.29 is 14.6 Å². The molecule has 8 nitrogen and oxygen atoms in total. The lowest BCUT2D eigenvalue weighted by Crippen LogP contribution is -2.20. The Hall–Kier alpha value is -2.19. The summed E-state index contributed by atoms with van der Waals surface area (Å²) in [6, 6.07) is 1.60. The average molecular weight is 309 g/mol. The normalized spacial score (nSPS) is 12.8. The minimum Gasteiger partial charge on any atom is -0.478 e. The quantitative estimate of drug-likeness (QED) is 0.437. The van der Waals surface area contributed by atoms with Gasteiger partial charge in [0.25, 0.3) is 0 Å². The van der Waals surface area contributed by atoms with Gasteiger partial charge in [0.15, 0.2) is 0 Å². The molecule has 0 saturated carbocycles. The molecule has 1 rings (SSSR count). The van der Waals surface area contributed by atoms with Crippen LogP contribution in [0, 0.1) is 5.41 Å². The van der Waals surface area contributed by atoms with E-state index in [0.29, 0.717) is 29.5 Å². The molecule has 1 unspecified atom stereocenters. The van der Waals surface area contributed by atoms with Gasteiger partial charge in [-0.15, -0.1) is 0 Å². The van der Waals surface area contributed by atoms with Gasteiger partial charge in [-0.1, -0.05) is 0 Å². The molecule has 0 bridgehead atoms. The van der Waals surface area contributed by atoms with Crippen LogP contribution in [0.1, 0.15) is 19.4 Å². The standard InChI is InChI=1S/C14H23N5O3/c1-4-22-14(16)11-7-18-13(5-12(11)15)19-9(2)17-6-10(20)8-21-3/h5,7,10,16,20H,4,6,8H2,1-3H3,(H3,15,17,18,19). The summed E-state index contributed by atoms with van der Waals surface area (Å²) >= 11 is 0. The Bertz CT molecular complexity index is 533. The number of hydrogen-bond acceptors (Lipinski definition) is 7. The van der Waals surface area contributed by atoms with E-state index in [2.05, 4.69) is 15.3 Å². The number of aromatic nitrogens is 1. The highest BCUT2D eigenvalue weighted by molar-refractivity contribution is 5.98. The molecule has 8 heteroatoms. The first kappa shape index (κ1) is 17.9. The van der Waals surface area contributed by atoms with Crippen molar-refractivity contribution >= 4 is 23.2 Å². The van der Waals surface area contributed by atoms with E-state index in [1.54, 1.807) is 19.9 Å². The van der Waals surface area contributed by atoms with E-state index in [0.717, 1.165) is 0 Å². The van der Waals surface area contributed by atoms with Gasteiger partial charge in [0.1, 0.15) is 5.82 Å². The number of anilines is 2. The average Bonchev–Trinajstić information content (AvgIpc) is 2.46. The number of ether oxygens (including phenoxy) is 2. The molecule has 0 aliphatic rings. The molecule has 0 radical (unpaired) electrons. The van der Waals surface area contributed by atoms with E-state index < -0.39 is 6.10 Å². The SMILES string of the molecule is CCOC(=N)c1cnc(NC(C)=NCC(O)COC)cc1N. The van der Waals surface area contributed by atoms with Gasteiger partial charge >= 0.3 is 0 Å². The predicted octanol–water partition coefficient (Wildman–Crippen LogP) is 0.863. The molecule has 1 atom stereocenters. The fourth-order valence-electron chi connectivity index (χ4n) is 1.66. The van der Waals surface area contributed by atoms with Crippen molar-refractivity contribution in [3.8, 4) is 0 Å². The van der Waals surface area contributed by atoms with Gasteiger partial charge in [0.2, 0.25) is 5.90 Å². The van der Waals surface area contributed by atoms with Crippen molar-refractivity contribution in [3.63, 3.8) is 0 Å². The Morgan fingerprint density at radius 2 is 2.32 bits per heavy atom. The van der Waals surface area contributed by atoms with Crippen LogP contribution in [0.3, 0.4) is 0 Å². The van der Waals surface area contributed by atoms with Crippen molar-refractivity contribution in [1.82, 2.24) is 4.98 Å². The summed E-state index contributed by atoms with van der Waals surface area (Å²) < 4.78 is 9.92. The van der Waals surface area contributed by atoms with Gasteiger partial charge in [-0.2, -0.15) is 0 Å². The molecule has 0 aliphatic heterocycles. The molecule has 0 spiro atoms. The highest BCUT2D eigenvalue weighted by atomic mass is 16.5. The molecule has 0 fully saturated rings. The largest absolute Gasteiger partial charge is 0.478 e. The van der Waals surface area contributed by atoms with E-state index in [1.807, 2.05) is 0 Å². The summed E-state index contributed by atoms with van der Waals surface area (Å²) in [7, 11) is 1.52. The first-order valence-corrected chi connectivity index (χ1v) is 6.90. The van der Waals surface area contributed by atoms with Crippen LogP contribution in [0.25, 0.3) is 0 Å². The molecular weight excluding hydrogens is 286 g/mol. The lowest BCUT2D eigenvalue weighted by Gasteiger charge is -2.11. The molecule has 22 heavy (non-hydrogen) atoms. The van der Waals surface area contributed by atoms with Crippen molar-refractivity contribution in [2.24, 2.45) is 4.99 Å². The molecule has 1 aromatic rings. The van der Waals surface area contributed by atoms with E-state index in [-0.39, 0.29) is 19.0 Å². The number of aliphatic imine (C=N–C) groups is 1. The number of amidine groups is 1. The number of methoxy groups -OCH3 is 1. The fourth-order valence-corrected chi connectivity index (χ4v) is 1.66. The second-order valence-electron chi connectivity index (χ2n) is 4.58. The Balaban J connectivity index is 2.68. The fraction of sp³-hybridized carbons (Fsp3) is 0.500. The zero-order valence-corrected chi connectivity index (χ0v) is 13.1. The van der Waals surface area contributed by atoms with E-state index in [4.69, 9.17) is 20.6 Å². The minimum atomic E-state index is -0.645. The third-order valence-corrected chi connectivity index (χ3v) is 2.68. The van der Waals surface area contributed by atoms with Crippen molar-refractivity contribution in [3.05, 3.63) is 17.8 Å². The van der Waals surface area contributed by atoms with Gasteiger partial charge in [0, 0.05) is 25.1 Å². The Kier molecular flexibility index (Phi) is 7.27. The molecule has 0 aliphatic carbocycles. The van der Waals surface area contributed by atoms with Crippen LogP contribution in [0.4, 0.5) is 11.5 Å². The monoisotopic (exact) mass is 309 g/mol. The number of rotatable bonds is 7. The maximum atomic E-state index is 9.52. The minimum absolute atomic E-state index is 0.00729. The summed E-state index contributed by atoms with van der Waals surface area (Å²) in [6.45, 7) is 4.42. The van der Waals surface area contributed by atoms with Crippen LogP contribution in [-0.4, -0.2) is 54.8 Å². The van der Waals surface area contributed by atoms with Gasteiger partial charge in [-0.05, 0) is 13.8 Å². The van der Waals surface area contributed by atoms with Gasteiger partial charge in [0.05, 0.1) is 37.3 Å². The number of hydrogen-bond donors (Lipinski definition) is 4. The molecule has 0 amide bonds. The van der Waals surface area contributed by atoms with Crippen LogP contribution in [0.15, 0.2) is 17.3 Å². The Morgan fingerprint density at radius 3 is 2.91 bits per heavy atom. The number of aliphatic hydroxyl groups excluding tert-OH is 1. The second kappa shape index (κ2) is 8.96. The lowest BCUT2D eigenvalue weighted by molar-refractivity contribution is 0.0705. The highest BCUT2D eigenvalue weighted by Crippen LogP contribution is 2.16. The summed E-state index contributed by atoms with van der Waals surface area (Å²) in [5.74, 6) is 1.09. The molecule has 0 aromatic carbocycles. The smallest absolute Gasteiger partial charge is 0.216 e. The van der Waals surface area contributed by atoms with Crippen molar-refractivity contribution in [2.75, 3.05) is 37.9 Å². The zero-order chi connectivity index (χ0) is 16.5. The number of nitrogens with one attached hydrogen (secondary N) is 2. The van der Waals surface area contributed by atoms with E-state index in [9.17, 15) is 5.11 Å².